The lowest BCUT2D eigenvalue weighted by molar-refractivity contribution is 0.0421. The van der Waals surface area contributed by atoms with Gasteiger partial charge in [-0.3, -0.25) is 0 Å². The third-order valence-corrected chi connectivity index (χ3v) is 2.35. The van der Waals surface area contributed by atoms with Crippen molar-refractivity contribution >= 4 is 0 Å². The fourth-order valence-corrected chi connectivity index (χ4v) is 1.56. The standard InChI is InChI=1S/C8H16O2/c1-3-8(9)7-4-5-10-6(7)2/h6-9H,3-5H2,1-2H3/t6-,7-,8+/m0/s1. The van der Waals surface area contributed by atoms with Crippen LogP contribution in [0.3, 0.4) is 0 Å². The lowest BCUT2D eigenvalue weighted by Gasteiger charge is -2.18. The summed E-state index contributed by atoms with van der Waals surface area (Å²) >= 11 is 0. The molecule has 60 valence electrons. The van der Waals surface area contributed by atoms with Gasteiger partial charge in [0.25, 0.3) is 0 Å². The van der Waals surface area contributed by atoms with Crippen molar-refractivity contribution in [3.8, 4) is 0 Å². The average Bonchev–Trinajstić information content (AvgIpc) is 2.34. The molecule has 3 atom stereocenters. The molecule has 0 aromatic carbocycles. The molecule has 1 heterocycles. The van der Waals surface area contributed by atoms with Crippen LogP contribution >= 0.6 is 0 Å². The van der Waals surface area contributed by atoms with Crippen LogP contribution in [0.25, 0.3) is 0 Å². The molecule has 0 amide bonds. The second-order valence-corrected chi connectivity index (χ2v) is 3.00. The maximum absolute atomic E-state index is 9.45. The summed E-state index contributed by atoms with van der Waals surface area (Å²) in [6.45, 7) is 4.87. The minimum absolute atomic E-state index is 0.155. The quantitative estimate of drug-likeness (QED) is 0.630. The van der Waals surface area contributed by atoms with Gasteiger partial charge in [0.05, 0.1) is 12.2 Å². The van der Waals surface area contributed by atoms with Crippen LogP contribution in [0.2, 0.25) is 0 Å². The predicted molar refractivity (Wildman–Crippen MR) is 39.8 cm³/mol. The average molecular weight is 144 g/mol. The molecule has 1 fully saturated rings. The first-order chi connectivity index (χ1) is 4.75. The summed E-state index contributed by atoms with van der Waals surface area (Å²) < 4.78 is 5.33. The molecular weight excluding hydrogens is 128 g/mol. The number of aliphatic hydroxyl groups is 1. The van der Waals surface area contributed by atoms with E-state index in [0.29, 0.717) is 5.92 Å². The second kappa shape index (κ2) is 3.35. The Kier molecular flexibility index (Phi) is 2.69. The Morgan fingerprint density at radius 2 is 2.40 bits per heavy atom. The Hall–Kier alpha value is -0.0800. The summed E-state index contributed by atoms with van der Waals surface area (Å²) in [5.74, 6) is 0.380. The summed E-state index contributed by atoms with van der Waals surface area (Å²) in [6.07, 6.45) is 1.97. The minimum Gasteiger partial charge on any atom is -0.393 e. The first-order valence-corrected chi connectivity index (χ1v) is 4.05. The number of ether oxygens (including phenoxy) is 1. The molecule has 1 saturated heterocycles. The van der Waals surface area contributed by atoms with Crippen LogP contribution in [0.5, 0.6) is 0 Å². The van der Waals surface area contributed by atoms with Crippen LogP contribution in [-0.2, 0) is 4.74 Å². The number of rotatable bonds is 2. The van der Waals surface area contributed by atoms with E-state index in [0.717, 1.165) is 19.4 Å². The molecule has 0 saturated carbocycles. The molecule has 0 unspecified atom stereocenters. The van der Waals surface area contributed by atoms with Crippen molar-refractivity contribution in [3.05, 3.63) is 0 Å². The van der Waals surface area contributed by atoms with Gasteiger partial charge in [-0.1, -0.05) is 6.92 Å². The van der Waals surface area contributed by atoms with Crippen molar-refractivity contribution in [2.75, 3.05) is 6.61 Å². The molecule has 2 nitrogen and oxygen atoms in total. The predicted octanol–water partition coefficient (Wildman–Crippen LogP) is 1.18. The zero-order valence-electron chi connectivity index (χ0n) is 6.71. The maximum Gasteiger partial charge on any atom is 0.0600 e. The van der Waals surface area contributed by atoms with Gasteiger partial charge in [0, 0.05) is 12.5 Å². The molecule has 0 aromatic rings. The van der Waals surface area contributed by atoms with E-state index in [9.17, 15) is 5.11 Å². The number of hydrogen-bond donors (Lipinski definition) is 1. The summed E-state index contributed by atoms with van der Waals surface area (Å²) in [6, 6.07) is 0. The first-order valence-electron chi connectivity index (χ1n) is 4.05. The van der Waals surface area contributed by atoms with E-state index in [4.69, 9.17) is 4.74 Å². The van der Waals surface area contributed by atoms with Crippen molar-refractivity contribution < 1.29 is 9.84 Å². The Labute approximate surface area is 62.2 Å². The highest BCUT2D eigenvalue weighted by Gasteiger charge is 2.29. The third kappa shape index (κ3) is 1.50. The lowest BCUT2D eigenvalue weighted by atomic mass is 9.94. The van der Waals surface area contributed by atoms with E-state index >= 15 is 0 Å². The zero-order valence-corrected chi connectivity index (χ0v) is 6.71. The molecule has 0 bridgehead atoms. The highest BCUT2D eigenvalue weighted by Crippen LogP contribution is 2.24. The van der Waals surface area contributed by atoms with E-state index in [-0.39, 0.29) is 12.2 Å². The van der Waals surface area contributed by atoms with E-state index < -0.39 is 0 Å². The number of aliphatic hydroxyl groups excluding tert-OH is 1. The summed E-state index contributed by atoms with van der Waals surface area (Å²) in [5.41, 5.74) is 0. The molecule has 1 aliphatic heterocycles. The SMILES string of the molecule is CC[C@@H](O)[C@H]1CCO[C@H]1C. The Balaban J connectivity index is 2.38. The molecule has 0 radical (unpaired) electrons. The molecular formula is C8H16O2. The van der Waals surface area contributed by atoms with Gasteiger partial charge in [-0.15, -0.1) is 0 Å². The van der Waals surface area contributed by atoms with Crippen LogP contribution in [0.15, 0.2) is 0 Å². The summed E-state index contributed by atoms with van der Waals surface area (Å²) in [7, 11) is 0. The maximum atomic E-state index is 9.45. The molecule has 10 heavy (non-hydrogen) atoms. The molecule has 1 N–H and O–H groups in total. The molecule has 0 aliphatic carbocycles. The van der Waals surface area contributed by atoms with Crippen LogP contribution in [0.1, 0.15) is 26.7 Å². The highest BCUT2D eigenvalue weighted by molar-refractivity contribution is 4.77. The molecule has 0 aromatic heterocycles. The smallest absolute Gasteiger partial charge is 0.0600 e. The lowest BCUT2D eigenvalue weighted by Crippen LogP contribution is -2.25. The van der Waals surface area contributed by atoms with Gasteiger partial charge >= 0.3 is 0 Å². The van der Waals surface area contributed by atoms with Gasteiger partial charge in [-0.25, -0.2) is 0 Å². The Bertz CT molecular complexity index is 103. The summed E-state index contributed by atoms with van der Waals surface area (Å²) in [4.78, 5) is 0. The van der Waals surface area contributed by atoms with Crippen LogP contribution in [0.4, 0.5) is 0 Å². The van der Waals surface area contributed by atoms with E-state index in [2.05, 4.69) is 0 Å². The van der Waals surface area contributed by atoms with Gasteiger partial charge < -0.3 is 9.84 Å². The van der Waals surface area contributed by atoms with E-state index in [1.54, 1.807) is 0 Å². The largest absolute Gasteiger partial charge is 0.393 e. The van der Waals surface area contributed by atoms with Gasteiger partial charge in [0.15, 0.2) is 0 Å². The van der Waals surface area contributed by atoms with Gasteiger partial charge in [0.1, 0.15) is 0 Å². The van der Waals surface area contributed by atoms with Crippen molar-refractivity contribution in [1.29, 1.82) is 0 Å². The third-order valence-electron chi connectivity index (χ3n) is 2.35. The fourth-order valence-electron chi connectivity index (χ4n) is 1.56. The zero-order chi connectivity index (χ0) is 7.56. The molecule has 1 aliphatic rings. The number of hydrogen-bond acceptors (Lipinski definition) is 2. The summed E-state index contributed by atoms with van der Waals surface area (Å²) in [5, 5.41) is 9.45. The fraction of sp³-hybridized carbons (Fsp3) is 1.00. The highest BCUT2D eigenvalue weighted by atomic mass is 16.5. The molecule has 1 rings (SSSR count). The van der Waals surface area contributed by atoms with E-state index in [1.165, 1.54) is 0 Å². The van der Waals surface area contributed by atoms with E-state index in [1.807, 2.05) is 13.8 Å². The van der Waals surface area contributed by atoms with Gasteiger partial charge in [0.2, 0.25) is 0 Å². The minimum atomic E-state index is -0.155. The molecule has 2 heteroatoms. The second-order valence-electron chi connectivity index (χ2n) is 3.00. The molecule has 0 spiro atoms. The van der Waals surface area contributed by atoms with Crippen molar-refractivity contribution in [1.82, 2.24) is 0 Å². The normalized spacial score (nSPS) is 36.3. The Morgan fingerprint density at radius 1 is 1.70 bits per heavy atom. The monoisotopic (exact) mass is 144 g/mol. The van der Waals surface area contributed by atoms with Crippen LogP contribution < -0.4 is 0 Å². The van der Waals surface area contributed by atoms with Crippen LogP contribution in [-0.4, -0.2) is 23.9 Å². The first kappa shape index (κ1) is 8.02. The van der Waals surface area contributed by atoms with Gasteiger partial charge in [-0.05, 0) is 19.8 Å². The van der Waals surface area contributed by atoms with Crippen molar-refractivity contribution in [3.63, 3.8) is 0 Å². The van der Waals surface area contributed by atoms with Crippen molar-refractivity contribution in [2.45, 2.75) is 38.9 Å². The van der Waals surface area contributed by atoms with Crippen molar-refractivity contribution in [2.24, 2.45) is 5.92 Å². The van der Waals surface area contributed by atoms with Crippen LogP contribution in [0, 0.1) is 5.92 Å². The topological polar surface area (TPSA) is 29.5 Å². The Morgan fingerprint density at radius 3 is 2.80 bits per heavy atom. The van der Waals surface area contributed by atoms with Gasteiger partial charge in [-0.2, -0.15) is 0 Å².